The SMILES string of the molecule is CN=C(NCC(C1CCCCC1)N(C)C)N(C)Cc1cn(C)nc1C(C)C.I. The lowest BCUT2D eigenvalue weighted by Crippen LogP contribution is -2.48. The van der Waals surface area contributed by atoms with Crippen LogP contribution in [0.25, 0.3) is 0 Å². The first-order valence-corrected chi connectivity index (χ1v) is 10.4. The summed E-state index contributed by atoms with van der Waals surface area (Å²) in [5, 5.41) is 8.26. The van der Waals surface area contributed by atoms with Crippen molar-refractivity contribution in [1.82, 2.24) is 24.9 Å². The van der Waals surface area contributed by atoms with E-state index in [-0.39, 0.29) is 24.0 Å². The van der Waals surface area contributed by atoms with Gasteiger partial charge in [-0.3, -0.25) is 9.67 Å². The van der Waals surface area contributed by atoms with Gasteiger partial charge in [0.25, 0.3) is 0 Å². The Hall–Kier alpha value is -0.830. The maximum atomic E-state index is 4.63. The molecule has 162 valence electrons. The van der Waals surface area contributed by atoms with Crippen molar-refractivity contribution in [1.29, 1.82) is 0 Å². The van der Waals surface area contributed by atoms with E-state index in [0.29, 0.717) is 12.0 Å². The molecule has 1 aromatic heterocycles. The number of hydrogen-bond donors (Lipinski definition) is 1. The van der Waals surface area contributed by atoms with E-state index in [2.05, 4.69) is 66.4 Å². The fourth-order valence-corrected chi connectivity index (χ4v) is 4.36. The van der Waals surface area contributed by atoms with Crippen LogP contribution in [0.3, 0.4) is 0 Å². The Morgan fingerprint density at radius 3 is 2.43 bits per heavy atom. The summed E-state index contributed by atoms with van der Waals surface area (Å²) >= 11 is 0. The van der Waals surface area contributed by atoms with Gasteiger partial charge < -0.3 is 15.1 Å². The van der Waals surface area contributed by atoms with E-state index in [9.17, 15) is 0 Å². The highest BCUT2D eigenvalue weighted by Crippen LogP contribution is 2.28. The van der Waals surface area contributed by atoms with Gasteiger partial charge >= 0.3 is 0 Å². The summed E-state index contributed by atoms with van der Waals surface area (Å²) in [6.07, 6.45) is 8.99. The van der Waals surface area contributed by atoms with Crippen molar-refractivity contribution in [2.45, 2.75) is 64.5 Å². The summed E-state index contributed by atoms with van der Waals surface area (Å²) in [6.45, 7) is 6.16. The number of aromatic nitrogens is 2. The van der Waals surface area contributed by atoms with Crippen molar-refractivity contribution in [2.75, 3.05) is 34.7 Å². The summed E-state index contributed by atoms with van der Waals surface area (Å²) in [7, 11) is 10.4. The summed E-state index contributed by atoms with van der Waals surface area (Å²) in [5.41, 5.74) is 2.45. The number of halogens is 1. The average Bonchev–Trinajstić information content (AvgIpc) is 2.99. The third-order valence-corrected chi connectivity index (χ3v) is 5.79. The number of aryl methyl sites for hydroxylation is 1. The van der Waals surface area contributed by atoms with Crippen LogP contribution in [0.1, 0.15) is 63.1 Å². The minimum absolute atomic E-state index is 0. The van der Waals surface area contributed by atoms with E-state index >= 15 is 0 Å². The second-order valence-corrected chi connectivity index (χ2v) is 8.58. The summed E-state index contributed by atoms with van der Waals surface area (Å²) in [4.78, 5) is 9.12. The first-order chi connectivity index (χ1) is 12.8. The highest BCUT2D eigenvalue weighted by atomic mass is 127. The van der Waals surface area contributed by atoms with Crippen molar-refractivity contribution in [2.24, 2.45) is 18.0 Å². The predicted molar refractivity (Wildman–Crippen MR) is 130 cm³/mol. The molecule has 0 aromatic carbocycles. The maximum Gasteiger partial charge on any atom is 0.193 e. The molecule has 28 heavy (non-hydrogen) atoms. The molecule has 0 bridgehead atoms. The molecule has 1 heterocycles. The van der Waals surface area contributed by atoms with Crippen molar-refractivity contribution in [3.63, 3.8) is 0 Å². The highest BCUT2D eigenvalue weighted by Gasteiger charge is 2.26. The van der Waals surface area contributed by atoms with Crippen molar-refractivity contribution in [3.05, 3.63) is 17.5 Å². The third-order valence-electron chi connectivity index (χ3n) is 5.79. The summed E-state index contributed by atoms with van der Waals surface area (Å²) in [6, 6.07) is 0.556. The molecule has 6 nitrogen and oxygen atoms in total. The zero-order chi connectivity index (χ0) is 20.0. The van der Waals surface area contributed by atoms with E-state index in [0.717, 1.165) is 25.0 Å². The van der Waals surface area contributed by atoms with E-state index in [1.807, 2.05) is 18.8 Å². The minimum atomic E-state index is 0. The second kappa shape index (κ2) is 12.0. The quantitative estimate of drug-likeness (QED) is 0.350. The molecule has 0 radical (unpaired) electrons. The van der Waals surface area contributed by atoms with Crippen LogP contribution in [0.5, 0.6) is 0 Å². The number of aliphatic imine (C=N–C) groups is 1. The molecule has 1 fully saturated rings. The third kappa shape index (κ3) is 6.90. The number of nitrogens with one attached hydrogen (secondary N) is 1. The molecule has 1 aromatic rings. The van der Waals surface area contributed by atoms with Gasteiger partial charge in [0.1, 0.15) is 0 Å². The zero-order valence-electron chi connectivity index (χ0n) is 18.9. The smallest absolute Gasteiger partial charge is 0.193 e. The van der Waals surface area contributed by atoms with Gasteiger partial charge in [0.05, 0.1) is 5.69 Å². The molecule has 0 saturated heterocycles. The molecule has 7 heteroatoms. The lowest BCUT2D eigenvalue weighted by molar-refractivity contribution is 0.170. The van der Waals surface area contributed by atoms with E-state index in [1.165, 1.54) is 43.4 Å². The van der Waals surface area contributed by atoms with Crippen LogP contribution in [-0.2, 0) is 13.6 Å². The molecule has 2 rings (SSSR count). The Labute approximate surface area is 189 Å². The lowest BCUT2D eigenvalue weighted by Gasteiger charge is -2.36. The van der Waals surface area contributed by atoms with E-state index in [1.54, 1.807) is 0 Å². The normalized spacial score (nSPS) is 17.0. The molecule has 1 unspecified atom stereocenters. The van der Waals surface area contributed by atoms with Crippen LogP contribution < -0.4 is 5.32 Å². The molecule has 1 atom stereocenters. The van der Waals surface area contributed by atoms with Crippen molar-refractivity contribution >= 4 is 29.9 Å². The second-order valence-electron chi connectivity index (χ2n) is 8.58. The van der Waals surface area contributed by atoms with Gasteiger partial charge in [-0.05, 0) is 38.8 Å². The van der Waals surface area contributed by atoms with Gasteiger partial charge in [0.2, 0.25) is 0 Å². The average molecular weight is 505 g/mol. The molecule has 0 aliphatic heterocycles. The molecule has 1 N–H and O–H groups in total. The molecule has 1 aliphatic carbocycles. The van der Waals surface area contributed by atoms with Gasteiger partial charge in [-0.25, -0.2) is 0 Å². The fraction of sp³-hybridized carbons (Fsp3) is 0.810. The van der Waals surface area contributed by atoms with Crippen LogP contribution >= 0.6 is 24.0 Å². The Kier molecular flexibility index (Phi) is 10.8. The topological polar surface area (TPSA) is 48.7 Å². The molecule has 1 aliphatic rings. The van der Waals surface area contributed by atoms with Crippen LogP contribution in [0.4, 0.5) is 0 Å². The van der Waals surface area contributed by atoms with Crippen LogP contribution in [0.15, 0.2) is 11.2 Å². The molecule has 1 saturated carbocycles. The van der Waals surface area contributed by atoms with Crippen LogP contribution in [-0.4, -0.2) is 66.3 Å². The Balaban J connectivity index is 0.00000392. The molecular weight excluding hydrogens is 463 g/mol. The minimum Gasteiger partial charge on any atom is -0.355 e. The van der Waals surface area contributed by atoms with Crippen LogP contribution in [0, 0.1) is 5.92 Å². The Bertz CT molecular complexity index is 604. The highest BCUT2D eigenvalue weighted by molar-refractivity contribution is 14.0. The first-order valence-electron chi connectivity index (χ1n) is 10.4. The Morgan fingerprint density at radius 2 is 1.89 bits per heavy atom. The molecular formula is C21H41IN6. The number of likely N-dealkylation sites (N-methyl/N-ethyl adjacent to an activating group) is 1. The van der Waals surface area contributed by atoms with Gasteiger partial charge in [-0.15, -0.1) is 24.0 Å². The fourth-order valence-electron chi connectivity index (χ4n) is 4.36. The van der Waals surface area contributed by atoms with Gasteiger partial charge in [0.15, 0.2) is 5.96 Å². The number of hydrogen-bond acceptors (Lipinski definition) is 3. The zero-order valence-corrected chi connectivity index (χ0v) is 21.2. The molecule has 0 spiro atoms. The van der Waals surface area contributed by atoms with E-state index < -0.39 is 0 Å². The monoisotopic (exact) mass is 504 g/mol. The number of nitrogens with zero attached hydrogens (tertiary/aromatic N) is 5. The standard InChI is InChI=1S/C21H40N6.HI/c1-16(2)20-18(15-27(7)24-20)14-26(6)21(22-3)23-13-19(25(4)5)17-11-9-8-10-12-17;/h15-17,19H,8-14H2,1-7H3,(H,22,23);1H. The largest absolute Gasteiger partial charge is 0.355 e. The number of guanidine groups is 1. The summed E-state index contributed by atoms with van der Waals surface area (Å²) in [5.74, 6) is 2.17. The van der Waals surface area contributed by atoms with E-state index in [4.69, 9.17) is 0 Å². The van der Waals surface area contributed by atoms with Crippen molar-refractivity contribution in [3.8, 4) is 0 Å². The first kappa shape index (κ1) is 25.2. The Morgan fingerprint density at radius 1 is 1.25 bits per heavy atom. The van der Waals surface area contributed by atoms with Crippen LogP contribution in [0.2, 0.25) is 0 Å². The van der Waals surface area contributed by atoms with Crippen molar-refractivity contribution < 1.29 is 0 Å². The number of rotatable bonds is 7. The predicted octanol–water partition coefficient (Wildman–Crippen LogP) is 3.68. The van der Waals surface area contributed by atoms with Gasteiger partial charge in [-0.2, -0.15) is 5.10 Å². The maximum absolute atomic E-state index is 4.63. The lowest BCUT2D eigenvalue weighted by atomic mass is 9.83. The van der Waals surface area contributed by atoms with Gasteiger partial charge in [0, 0.05) is 52.0 Å². The summed E-state index contributed by atoms with van der Waals surface area (Å²) < 4.78 is 1.92. The molecule has 0 amide bonds. The van der Waals surface area contributed by atoms with Gasteiger partial charge in [-0.1, -0.05) is 33.1 Å².